The average molecular weight is 240 g/mol. The van der Waals surface area contributed by atoms with Gasteiger partial charge in [-0.1, -0.05) is 24.3 Å². The standard InChI is InChI=1S/C15H16N2O/c1-3-17(13-9-5-4-6-10-13)15(18)14-11-7-8-12(2)16-14/h4-11H,3H2,1-2H3. The van der Waals surface area contributed by atoms with Gasteiger partial charge in [-0.25, -0.2) is 4.98 Å². The largest absolute Gasteiger partial charge is 0.307 e. The summed E-state index contributed by atoms with van der Waals surface area (Å²) in [6, 6.07) is 15.1. The van der Waals surface area contributed by atoms with Crippen molar-refractivity contribution in [1.29, 1.82) is 0 Å². The van der Waals surface area contributed by atoms with Crippen molar-refractivity contribution in [2.24, 2.45) is 0 Å². The molecule has 0 saturated carbocycles. The molecule has 0 unspecified atom stereocenters. The summed E-state index contributed by atoms with van der Waals surface area (Å²) in [5.41, 5.74) is 2.24. The number of rotatable bonds is 3. The number of aromatic nitrogens is 1. The molecule has 0 spiro atoms. The molecule has 0 aliphatic rings. The van der Waals surface area contributed by atoms with Crippen molar-refractivity contribution < 1.29 is 4.79 Å². The summed E-state index contributed by atoms with van der Waals surface area (Å²) in [4.78, 5) is 18.4. The van der Waals surface area contributed by atoms with Gasteiger partial charge in [0.2, 0.25) is 0 Å². The topological polar surface area (TPSA) is 33.2 Å². The van der Waals surface area contributed by atoms with Crippen LogP contribution in [0, 0.1) is 6.92 Å². The van der Waals surface area contributed by atoms with Crippen LogP contribution in [-0.4, -0.2) is 17.4 Å². The molecular formula is C15H16N2O. The second-order valence-electron chi connectivity index (χ2n) is 4.05. The average Bonchev–Trinajstić information content (AvgIpc) is 2.41. The Kier molecular flexibility index (Phi) is 3.72. The van der Waals surface area contributed by atoms with Crippen LogP contribution in [0.15, 0.2) is 48.5 Å². The maximum atomic E-state index is 12.4. The minimum absolute atomic E-state index is 0.0626. The molecule has 0 N–H and O–H groups in total. The zero-order valence-corrected chi connectivity index (χ0v) is 10.6. The van der Waals surface area contributed by atoms with Crippen molar-refractivity contribution in [1.82, 2.24) is 4.98 Å². The van der Waals surface area contributed by atoms with Crippen LogP contribution in [0.4, 0.5) is 5.69 Å². The summed E-state index contributed by atoms with van der Waals surface area (Å²) in [6.07, 6.45) is 0. The molecule has 1 amide bonds. The van der Waals surface area contributed by atoms with Gasteiger partial charge in [-0.05, 0) is 38.1 Å². The molecule has 0 atom stereocenters. The lowest BCUT2D eigenvalue weighted by molar-refractivity contribution is 0.0983. The van der Waals surface area contributed by atoms with Gasteiger partial charge in [0.05, 0.1) is 0 Å². The number of carbonyl (C=O) groups excluding carboxylic acids is 1. The first-order valence-electron chi connectivity index (χ1n) is 6.03. The highest BCUT2D eigenvalue weighted by molar-refractivity contribution is 6.04. The van der Waals surface area contributed by atoms with Crippen LogP contribution in [0.3, 0.4) is 0 Å². The molecule has 3 nitrogen and oxygen atoms in total. The van der Waals surface area contributed by atoms with Gasteiger partial charge >= 0.3 is 0 Å². The highest BCUT2D eigenvalue weighted by atomic mass is 16.2. The zero-order valence-electron chi connectivity index (χ0n) is 10.6. The van der Waals surface area contributed by atoms with Gasteiger partial charge in [0.15, 0.2) is 0 Å². The van der Waals surface area contributed by atoms with Gasteiger partial charge in [0.25, 0.3) is 5.91 Å². The third kappa shape index (κ3) is 2.56. The molecule has 18 heavy (non-hydrogen) atoms. The Morgan fingerprint density at radius 3 is 2.44 bits per heavy atom. The molecule has 0 fully saturated rings. The number of nitrogens with zero attached hydrogens (tertiary/aromatic N) is 2. The van der Waals surface area contributed by atoms with Crippen molar-refractivity contribution in [2.75, 3.05) is 11.4 Å². The Labute approximate surface area is 107 Å². The summed E-state index contributed by atoms with van der Waals surface area (Å²) in [6.45, 7) is 4.47. The number of aryl methyl sites for hydroxylation is 1. The lowest BCUT2D eigenvalue weighted by atomic mass is 10.2. The molecule has 0 aliphatic carbocycles. The molecule has 1 aromatic heterocycles. The van der Waals surface area contributed by atoms with E-state index in [0.29, 0.717) is 12.2 Å². The Balaban J connectivity index is 2.32. The summed E-state index contributed by atoms with van der Waals surface area (Å²) < 4.78 is 0. The molecule has 1 aromatic carbocycles. The van der Waals surface area contributed by atoms with Crippen LogP contribution in [0.25, 0.3) is 0 Å². The highest BCUT2D eigenvalue weighted by Crippen LogP contribution is 2.15. The van der Waals surface area contributed by atoms with Crippen molar-refractivity contribution >= 4 is 11.6 Å². The fraction of sp³-hybridized carbons (Fsp3) is 0.200. The van der Waals surface area contributed by atoms with E-state index in [9.17, 15) is 4.79 Å². The first-order chi connectivity index (χ1) is 8.72. The Morgan fingerprint density at radius 2 is 1.83 bits per heavy atom. The quantitative estimate of drug-likeness (QED) is 0.826. The summed E-state index contributed by atoms with van der Waals surface area (Å²) in [7, 11) is 0. The number of anilines is 1. The van der Waals surface area contributed by atoms with Crippen LogP contribution in [0.1, 0.15) is 23.1 Å². The van der Waals surface area contributed by atoms with Crippen molar-refractivity contribution in [3.63, 3.8) is 0 Å². The van der Waals surface area contributed by atoms with Gasteiger partial charge in [0, 0.05) is 17.9 Å². The first kappa shape index (κ1) is 12.3. The predicted molar refractivity (Wildman–Crippen MR) is 72.8 cm³/mol. The third-order valence-corrected chi connectivity index (χ3v) is 2.74. The lowest BCUT2D eigenvalue weighted by Gasteiger charge is -2.20. The number of para-hydroxylation sites is 1. The molecule has 0 bridgehead atoms. The van der Waals surface area contributed by atoms with E-state index in [1.165, 1.54) is 0 Å². The normalized spacial score (nSPS) is 10.1. The van der Waals surface area contributed by atoms with E-state index in [-0.39, 0.29) is 5.91 Å². The van der Waals surface area contributed by atoms with E-state index < -0.39 is 0 Å². The summed E-state index contributed by atoms with van der Waals surface area (Å²) in [5.74, 6) is -0.0626. The molecular weight excluding hydrogens is 224 g/mol. The fourth-order valence-corrected chi connectivity index (χ4v) is 1.85. The van der Waals surface area contributed by atoms with Crippen molar-refractivity contribution in [2.45, 2.75) is 13.8 Å². The molecule has 0 aliphatic heterocycles. The van der Waals surface area contributed by atoms with E-state index in [1.807, 2.05) is 56.3 Å². The maximum Gasteiger partial charge on any atom is 0.276 e. The number of amides is 1. The lowest BCUT2D eigenvalue weighted by Crippen LogP contribution is -2.31. The van der Waals surface area contributed by atoms with Crippen LogP contribution in [-0.2, 0) is 0 Å². The SMILES string of the molecule is CCN(C(=O)c1cccc(C)n1)c1ccccc1. The first-order valence-corrected chi connectivity index (χ1v) is 6.03. The molecule has 3 heteroatoms. The minimum Gasteiger partial charge on any atom is -0.307 e. The summed E-state index contributed by atoms with van der Waals surface area (Å²) in [5, 5.41) is 0. The van der Waals surface area contributed by atoms with E-state index in [2.05, 4.69) is 4.98 Å². The number of benzene rings is 1. The molecule has 92 valence electrons. The van der Waals surface area contributed by atoms with Gasteiger partial charge in [-0.3, -0.25) is 4.79 Å². The third-order valence-electron chi connectivity index (χ3n) is 2.74. The van der Waals surface area contributed by atoms with Crippen LogP contribution < -0.4 is 4.90 Å². The monoisotopic (exact) mass is 240 g/mol. The van der Waals surface area contributed by atoms with Crippen LogP contribution in [0.5, 0.6) is 0 Å². The van der Waals surface area contributed by atoms with E-state index in [1.54, 1.807) is 11.0 Å². The van der Waals surface area contributed by atoms with Gasteiger partial charge in [0.1, 0.15) is 5.69 Å². The number of hydrogen-bond acceptors (Lipinski definition) is 2. The number of hydrogen-bond donors (Lipinski definition) is 0. The van der Waals surface area contributed by atoms with Crippen molar-refractivity contribution in [3.05, 3.63) is 59.9 Å². The van der Waals surface area contributed by atoms with Gasteiger partial charge in [-0.2, -0.15) is 0 Å². The van der Waals surface area contributed by atoms with Gasteiger partial charge < -0.3 is 4.90 Å². The molecule has 0 saturated heterocycles. The Hall–Kier alpha value is -2.16. The molecule has 2 aromatic rings. The predicted octanol–water partition coefficient (Wildman–Crippen LogP) is 3.06. The maximum absolute atomic E-state index is 12.4. The Bertz CT molecular complexity index is 537. The minimum atomic E-state index is -0.0626. The zero-order chi connectivity index (χ0) is 13.0. The number of pyridine rings is 1. The second kappa shape index (κ2) is 5.45. The van der Waals surface area contributed by atoms with Crippen LogP contribution in [0.2, 0.25) is 0 Å². The van der Waals surface area contributed by atoms with E-state index >= 15 is 0 Å². The Morgan fingerprint density at radius 1 is 1.11 bits per heavy atom. The molecule has 2 rings (SSSR count). The van der Waals surface area contributed by atoms with E-state index in [0.717, 1.165) is 11.4 Å². The van der Waals surface area contributed by atoms with Crippen molar-refractivity contribution in [3.8, 4) is 0 Å². The van der Waals surface area contributed by atoms with Crippen LogP contribution >= 0.6 is 0 Å². The smallest absolute Gasteiger partial charge is 0.276 e. The number of carbonyl (C=O) groups is 1. The van der Waals surface area contributed by atoms with E-state index in [4.69, 9.17) is 0 Å². The molecule has 0 radical (unpaired) electrons. The second-order valence-corrected chi connectivity index (χ2v) is 4.05. The summed E-state index contributed by atoms with van der Waals surface area (Å²) >= 11 is 0. The highest BCUT2D eigenvalue weighted by Gasteiger charge is 2.16. The fourth-order valence-electron chi connectivity index (χ4n) is 1.85. The van der Waals surface area contributed by atoms with Gasteiger partial charge in [-0.15, -0.1) is 0 Å². The molecule has 1 heterocycles.